The SMILES string of the molecule is Cc1cc(C(F)(F)F)c(Br)c(C(F)(F)F)c1. The van der Waals surface area contributed by atoms with Crippen LogP contribution in [-0.4, -0.2) is 0 Å². The van der Waals surface area contributed by atoms with E-state index in [1.54, 1.807) is 0 Å². The minimum atomic E-state index is -4.81. The highest BCUT2D eigenvalue weighted by Gasteiger charge is 2.40. The van der Waals surface area contributed by atoms with Gasteiger partial charge in [-0.1, -0.05) is 0 Å². The molecule has 0 aliphatic rings. The third-order valence-electron chi connectivity index (χ3n) is 1.83. The van der Waals surface area contributed by atoms with Gasteiger partial charge in [0.2, 0.25) is 0 Å². The molecular formula is C9H5BrF6. The first-order valence-corrected chi connectivity index (χ1v) is 4.77. The van der Waals surface area contributed by atoms with E-state index in [-0.39, 0.29) is 5.56 Å². The van der Waals surface area contributed by atoms with E-state index in [0.717, 1.165) is 0 Å². The first-order valence-electron chi connectivity index (χ1n) is 3.98. The molecule has 0 radical (unpaired) electrons. The van der Waals surface area contributed by atoms with Crippen LogP contribution < -0.4 is 0 Å². The van der Waals surface area contributed by atoms with E-state index in [0.29, 0.717) is 12.1 Å². The summed E-state index contributed by atoms with van der Waals surface area (Å²) in [5, 5.41) is 0. The number of hydrogen-bond acceptors (Lipinski definition) is 0. The van der Waals surface area contributed by atoms with Crippen LogP contribution in [0.2, 0.25) is 0 Å². The zero-order valence-electron chi connectivity index (χ0n) is 7.80. The first-order chi connectivity index (χ1) is 7.03. The van der Waals surface area contributed by atoms with Gasteiger partial charge in [0.15, 0.2) is 0 Å². The molecule has 0 aliphatic carbocycles. The molecule has 0 nitrogen and oxygen atoms in total. The zero-order valence-corrected chi connectivity index (χ0v) is 9.39. The van der Waals surface area contributed by atoms with Gasteiger partial charge in [-0.15, -0.1) is 0 Å². The normalized spacial score (nSPS) is 13.0. The minimum Gasteiger partial charge on any atom is -0.166 e. The van der Waals surface area contributed by atoms with Crippen LogP contribution in [0.15, 0.2) is 16.6 Å². The lowest BCUT2D eigenvalue weighted by atomic mass is 10.1. The lowest BCUT2D eigenvalue weighted by molar-refractivity contribution is -0.144. The summed E-state index contributed by atoms with van der Waals surface area (Å²) in [6.45, 7) is 1.18. The van der Waals surface area contributed by atoms with Gasteiger partial charge in [-0.3, -0.25) is 0 Å². The lowest BCUT2D eigenvalue weighted by Crippen LogP contribution is -2.13. The molecule has 90 valence electrons. The Morgan fingerprint density at radius 3 is 1.44 bits per heavy atom. The fourth-order valence-corrected chi connectivity index (χ4v) is 1.86. The van der Waals surface area contributed by atoms with Crippen molar-refractivity contribution in [3.05, 3.63) is 33.3 Å². The van der Waals surface area contributed by atoms with Gasteiger partial charge in [0.05, 0.1) is 11.1 Å². The molecule has 0 N–H and O–H groups in total. The fourth-order valence-electron chi connectivity index (χ4n) is 1.18. The highest BCUT2D eigenvalue weighted by Crippen LogP contribution is 2.42. The molecule has 0 aromatic heterocycles. The van der Waals surface area contributed by atoms with Crippen LogP contribution in [0.5, 0.6) is 0 Å². The Morgan fingerprint density at radius 1 is 0.875 bits per heavy atom. The monoisotopic (exact) mass is 306 g/mol. The standard InChI is InChI=1S/C9H5BrF6/c1-4-2-5(8(11,12)13)7(10)6(3-4)9(14,15)16/h2-3H,1H3. The van der Waals surface area contributed by atoms with Gasteiger partial charge in [0.25, 0.3) is 0 Å². The van der Waals surface area contributed by atoms with E-state index < -0.39 is 28.0 Å². The average Bonchev–Trinajstić information content (AvgIpc) is 2.04. The smallest absolute Gasteiger partial charge is 0.166 e. The Morgan fingerprint density at radius 2 is 1.19 bits per heavy atom. The summed E-state index contributed by atoms with van der Waals surface area (Å²) in [4.78, 5) is 0. The van der Waals surface area contributed by atoms with Gasteiger partial charge < -0.3 is 0 Å². The van der Waals surface area contributed by atoms with Crippen LogP contribution in [0.3, 0.4) is 0 Å². The summed E-state index contributed by atoms with van der Waals surface area (Å²) in [7, 11) is 0. The Kier molecular flexibility index (Phi) is 3.29. The molecule has 1 aromatic rings. The number of rotatable bonds is 0. The Labute approximate surface area is 95.4 Å². The van der Waals surface area contributed by atoms with Crippen molar-refractivity contribution in [1.82, 2.24) is 0 Å². The molecule has 0 amide bonds. The summed E-state index contributed by atoms with van der Waals surface area (Å²) in [5.74, 6) is 0. The van der Waals surface area contributed by atoms with Crippen molar-refractivity contribution >= 4 is 15.9 Å². The van der Waals surface area contributed by atoms with Crippen molar-refractivity contribution in [3.8, 4) is 0 Å². The summed E-state index contributed by atoms with van der Waals surface area (Å²) >= 11 is 2.35. The summed E-state index contributed by atoms with van der Waals surface area (Å²) in [6.07, 6.45) is -9.63. The third kappa shape index (κ3) is 2.69. The molecule has 0 bridgehead atoms. The van der Waals surface area contributed by atoms with E-state index in [9.17, 15) is 26.3 Å². The molecule has 1 rings (SSSR count). The van der Waals surface area contributed by atoms with Crippen LogP contribution in [-0.2, 0) is 12.4 Å². The van der Waals surface area contributed by atoms with Crippen molar-refractivity contribution in [2.75, 3.05) is 0 Å². The molecule has 0 fully saturated rings. The van der Waals surface area contributed by atoms with E-state index in [4.69, 9.17) is 0 Å². The lowest BCUT2D eigenvalue weighted by Gasteiger charge is -2.15. The van der Waals surface area contributed by atoms with E-state index >= 15 is 0 Å². The van der Waals surface area contributed by atoms with Crippen LogP contribution in [0.1, 0.15) is 16.7 Å². The quantitative estimate of drug-likeness (QED) is 0.604. The maximum Gasteiger partial charge on any atom is 0.417 e. The van der Waals surface area contributed by atoms with Crippen LogP contribution >= 0.6 is 15.9 Å². The first kappa shape index (κ1) is 13.3. The Hall–Kier alpha value is -0.720. The van der Waals surface area contributed by atoms with E-state index in [2.05, 4.69) is 15.9 Å². The van der Waals surface area contributed by atoms with Gasteiger partial charge in [-0.25, -0.2) is 0 Å². The predicted octanol–water partition coefficient (Wildman–Crippen LogP) is 4.80. The van der Waals surface area contributed by atoms with Crippen molar-refractivity contribution in [2.45, 2.75) is 19.3 Å². The maximum absolute atomic E-state index is 12.4. The highest BCUT2D eigenvalue weighted by atomic mass is 79.9. The van der Waals surface area contributed by atoms with Crippen LogP contribution in [0, 0.1) is 6.92 Å². The minimum absolute atomic E-state index is 0.0946. The van der Waals surface area contributed by atoms with Gasteiger partial charge >= 0.3 is 12.4 Å². The number of alkyl halides is 6. The summed E-state index contributed by atoms with van der Waals surface area (Å²) < 4.78 is 73.4. The van der Waals surface area contributed by atoms with Crippen LogP contribution in [0.25, 0.3) is 0 Å². The van der Waals surface area contributed by atoms with Gasteiger partial charge in [-0.2, -0.15) is 26.3 Å². The molecule has 16 heavy (non-hydrogen) atoms. The number of aryl methyl sites for hydroxylation is 1. The topological polar surface area (TPSA) is 0 Å². The second kappa shape index (κ2) is 3.94. The van der Waals surface area contributed by atoms with Crippen molar-refractivity contribution in [1.29, 1.82) is 0 Å². The summed E-state index contributed by atoms with van der Waals surface area (Å²) in [5.41, 5.74) is -2.73. The third-order valence-corrected chi connectivity index (χ3v) is 2.68. The maximum atomic E-state index is 12.4. The van der Waals surface area contributed by atoms with Gasteiger partial charge in [-0.05, 0) is 40.5 Å². The predicted molar refractivity (Wildman–Crippen MR) is 48.9 cm³/mol. The highest BCUT2D eigenvalue weighted by molar-refractivity contribution is 9.10. The molecule has 0 aliphatic heterocycles. The second-order valence-corrected chi connectivity index (χ2v) is 3.96. The molecule has 0 atom stereocenters. The molecule has 0 saturated heterocycles. The molecule has 0 unspecified atom stereocenters. The van der Waals surface area contributed by atoms with E-state index in [1.165, 1.54) is 6.92 Å². The van der Waals surface area contributed by atoms with Gasteiger partial charge in [0, 0.05) is 4.47 Å². The number of hydrogen-bond donors (Lipinski definition) is 0. The Balaban J connectivity index is 3.51. The molecular weight excluding hydrogens is 302 g/mol. The van der Waals surface area contributed by atoms with Crippen LogP contribution in [0.4, 0.5) is 26.3 Å². The summed E-state index contributed by atoms with van der Waals surface area (Å²) in [6, 6.07) is 1.33. The van der Waals surface area contributed by atoms with Gasteiger partial charge in [0.1, 0.15) is 0 Å². The van der Waals surface area contributed by atoms with Crippen molar-refractivity contribution in [2.24, 2.45) is 0 Å². The fraction of sp³-hybridized carbons (Fsp3) is 0.333. The molecule has 0 saturated carbocycles. The molecule has 0 spiro atoms. The number of halogens is 7. The molecule has 0 heterocycles. The zero-order chi connectivity index (χ0) is 12.7. The largest absolute Gasteiger partial charge is 0.417 e. The Bertz CT molecular complexity index is 368. The average molecular weight is 307 g/mol. The van der Waals surface area contributed by atoms with Crippen molar-refractivity contribution < 1.29 is 26.3 Å². The number of benzene rings is 1. The van der Waals surface area contributed by atoms with Crippen molar-refractivity contribution in [3.63, 3.8) is 0 Å². The van der Waals surface area contributed by atoms with E-state index in [1.807, 2.05) is 0 Å². The molecule has 1 aromatic carbocycles. The molecule has 7 heteroatoms. The second-order valence-electron chi connectivity index (χ2n) is 3.17.